The third-order valence-corrected chi connectivity index (χ3v) is 3.64. The van der Waals surface area contributed by atoms with E-state index in [0.717, 1.165) is 6.42 Å². The fourth-order valence-electron chi connectivity index (χ4n) is 2.75. The van der Waals surface area contributed by atoms with Crippen LogP contribution < -0.4 is 0 Å². The summed E-state index contributed by atoms with van der Waals surface area (Å²) in [5, 5.41) is 8.56. The molecule has 0 radical (unpaired) electrons. The molecule has 1 saturated carbocycles. The molecule has 0 aromatic rings. The van der Waals surface area contributed by atoms with Crippen molar-refractivity contribution in [1.82, 2.24) is 4.90 Å². The summed E-state index contributed by atoms with van der Waals surface area (Å²) in [6.07, 6.45) is 3.80. The predicted molar refractivity (Wildman–Crippen MR) is 49.5 cm³/mol. The molecule has 1 heterocycles. The molecule has 2 atom stereocenters. The maximum atomic E-state index is 10.4. The van der Waals surface area contributed by atoms with Crippen LogP contribution in [0.4, 0.5) is 0 Å². The van der Waals surface area contributed by atoms with Gasteiger partial charge >= 0.3 is 5.97 Å². The van der Waals surface area contributed by atoms with Gasteiger partial charge in [0.1, 0.15) is 0 Å². The molecule has 13 heavy (non-hydrogen) atoms. The smallest absolute Gasteiger partial charge is 0.303 e. The van der Waals surface area contributed by atoms with E-state index in [0.29, 0.717) is 17.8 Å². The molecule has 74 valence electrons. The number of carboxylic acids is 1. The molecule has 0 bridgehead atoms. The molecule has 1 saturated heterocycles. The zero-order valence-electron chi connectivity index (χ0n) is 8.12. The maximum absolute atomic E-state index is 10.4. The second kappa shape index (κ2) is 2.98. The van der Waals surface area contributed by atoms with Gasteiger partial charge in [-0.05, 0) is 44.2 Å². The Morgan fingerprint density at radius 2 is 2.46 bits per heavy atom. The SMILES string of the molecule is CN1CCC2(CC2CCC(=O)O)C1. The van der Waals surface area contributed by atoms with Crippen LogP contribution in [-0.4, -0.2) is 36.1 Å². The second-order valence-electron chi connectivity index (χ2n) is 4.68. The van der Waals surface area contributed by atoms with Crippen LogP contribution in [0.15, 0.2) is 0 Å². The molecule has 0 aromatic carbocycles. The molecule has 1 aliphatic carbocycles. The highest BCUT2D eigenvalue weighted by Gasteiger charge is 2.55. The summed E-state index contributed by atoms with van der Waals surface area (Å²) in [6.45, 7) is 2.39. The van der Waals surface area contributed by atoms with E-state index in [-0.39, 0.29) is 0 Å². The summed E-state index contributed by atoms with van der Waals surface area (Å²) in [5.41, 5.74) is 0.532. The average Bonchev–Trinajstić information content (AvgIpc) is 2.58. The number of hydrogen-bond donors (Lipinski definition) is 1. The number of aliphatic carboxylic acids is 1. The van der Waals surface area contributed by atoms with Crippen LogP contribution in [0, 0.1) is 11.3 Å². The number of nitrogens with zero attached hydrogens (tertiary/aromatic N) is 1. The molecule has 2 rings (SSSR count). The number of carboxylic acid groups (broad SMARTS) is 1. The highest BCUT2D eigenvalue weighted by molar-refractivity contribution is 5.66. The van der Waals surface area contributed by atoms with Gasteiger partial charge in [0.25, 0.3) is 0 Å². The molecule has 3 nitrogen and oxygen atoms in total. The normalized spacial score (nSPS) is 38.4. The first kappa shape index (κ1) is 9.00. The van der Waals surface area contributed by atoms with E-state index in [9.17, 15) is 4.79 Å². The van der Waals surface area contributed by atoms with Crippen LogP contribution in [0.1, 0.15) is 25.7 Å². The maximum Gasteiger partial charge on any atom is 0.303 e. The quantitative estimate of drug-likeness (QED) is 0.714. The van der Waals surface area contributed by atoms with Gasteiger partial charge in [0, 0.05) is 13.0 Å². The van der Waals surface area contributed by atoms with E-state index >= 15 is 0 Å². The van der Waals surface area contributed by atoms with E-state index in [1.54, 1.807) is 0 Å². The van der Waals surface area contributed by atoms with Crippen LogP contribution in [0.25, 0.3) is 0 Å². The van der Waals surface area contributed by atoms with Crippen molar-refractivity contribution in [3.8, 4) is 0 Å². The standard InChI is InChI=1S/C10H17NO2/c1-11-5-4-10(7-11)6-8(10)2-3-9(12)13/h8H,2-7H2,1H3,(H,12,13). The fourth-order valence-corrected chi connectivity index (χ4v) is 2.75. The van der Waals surface area contributed by atoms with Crippen molar-refractivity contribution < 1.29 is 9.90 Å². The first-order chi connectivity index (χ1) is 6.12. The molecule has 1 spiro atoms. The lowest BCUT2D eigenvalue weighted by Gasteiger charge is -2.08. The summed E-state index contributed by atoms with van der Waals surface area (Å²) in [7, 11) is 2.15. The highest BCUT2D eigenvalue weighted by atomic mass is 16.4. The zero-order valence-corrected chi connectivity index (χ0v) is 8.12. The topological polar surface area (TPSA) is 40.5 Å². The van der Waals surface area contributed by atoms with E-state index in [1.807, 2.05) is 0 Å². The van der Waals surface area contributed by atoms with Gasteiger partial charge in [0.05, 0.1) is 0 Å². The molecule has 2 fully saturated rings. The van der Waals surface area contributed by atoms with Gasteiger partial charge in [0.2, 0.25) is 0 Å². The van der Waals surface area contributed by atoms with Gasteiger partial charge in [-0.15, -0.1) is 0 Å². The Labute approximate surface area is 78.7 Å². The van der Waals surface area contributed by atoms with Crippen molar-refractivity contribution >= 4 is 5.97 Å². The van der Waals surface area contributed by atoms with Crippen molar-refractivity contribution in [2.75, 3.05) is 20.1 Å². The summed E-state index contributed by atoms with van der Waals surface area (Å²) in [6, 6.07) is 0. The number of hydrogen-bond acceptors (Lipinski definition) is 2. The van der Waals surface area contributed by atoms with Crippen LogP contribution in [0.2, 0.25) is 0 Å². The third kappa shape index (κ3) is 1.70. The molecular formula is C10H17NO2. The lowest BCUT2D eigenvalue weighted by molar-refractivity contribution is -0.137. The van der Waals surface area contributed by atoms with E-state index < -0.39 is 5.97 Å². The van der Waals surface area contributed by atoms with Crippen LogP contribution in [0.3, 0.4) is 0 Å². The van der Waals surface area contributed by atoms with E-state index in [2.05, 4.69) is 11.9 Å². The van der Waals surface area contributed by atoms with Gasteiger partial charge in [-0.3, -0.25) is 4.79 Å². The summed E-state index contributed by atoms with van der Waals surface area (Å²) in [4.78, 5) is 12.8. The van der Waals surface area contributed by atoms with Gasteiger partial charge in [0.15, 0.2) is 0 Å². The lowest BCUT2D eigenvalue weighted by Crippen LogP contribution is -2.15. The van der Waals surface area contributed by atoms with Gasteiger partial charge in [-0.25, -0.2) is 0 Å². The van der Waals surface area contributed by atoms with Crippen molar-refractivity contribution in [2.24, 2.45) is 11.3 Å². The van der Waals surface area contributed by atoms with Gasteiger partial charge in [-0.2, -0.15) is 0 Å². The van der Waals surface area contributed by atoms with E-state index in [1.165, 1.54) is 25.9 Å². The molecule has 1 N–H and O–H groups in total. The van der Waals surface area contributed by atoms with Crippen molar-refractivity contribution in [3.05, 3.63) is 0 Å². The first-order valence-electron chi connectivity index (χ1n) is 5.03. The second-order valence-corrected chi connectivity index (χ2v) is 4.68. The average molecular weight is 183 g/mol. The first-order valence-corrected chi connectivity index (χ1v) is 5.03. The lowest BCUT2D eigenvalue weighted by atomic mass is 10.0. The minimum Gasteiger partial charge on any atom is -0.481 e. The minimum atomic E-state index is -0.645. The Morgan fingerprint density at radius 1 is 1.69 bits per heavy atom. The van der Waals surface area contributed by atoms with Crippen LogP contribution >= 0.6 is 0 Å². The molecule has 2 unspecified atom stereocenters. The van der Waals surface area contributed by atoms with E-state index in [4.69, 9.17) is 5.11 Å². The van der Waals surface area contributed by atoms with Crippen molar-refractivity contribution in [1.29, 1.82) is 0 Å². The number of carbonyl (C=O) groups is 1. The van der Waals surface area contributed by atoms with Gasteiger partial charge < -0.3 is 10.0 Å². The molecular weight excluding hydrogens is 166 g/mol. The summed E-state index contributed by atoms with van der Waals surface area (Å²) >= 11 is 0. The monoisotopic (exact) mass is 183 g/mol. The number of rotatable bonds is 3. The molecule has 0 aromatic heterocycles. The highest BCUT2D eigenvalue weighted by Crippen LogP contribution is 2.60. The largest absolute Gasteiger partial charge is 0.481 e. The van der Waals surface area contributed by atoms with Gasteiger partial charge in [-0.1, -0.05) is 0 Å². The fraction of sp³-hybridized carbons (Fsp3) is 0.900. The Hall–Kier alpha value is -0.570. The summed E-state index contributed by atoms with van der Waals surface area (Å²) in [5.74, 6) is 0.0574. The van der Waals surface area contributed by atoms with Crippen LogP contribution in [0.5, 0.6) is 0 Å². The molecule has 2 aliphatic rings. The Morgan fingerprint density at radius 3 is 3.00 bits per heavy atom. The zero-order chi connectivity index (χ0) is 9.47. The molecule has 1 aliphatic heterocycles. The molecule has 0 amide bonds. The minimum absolute atomic E-state index is 0.357. The van der Waals surface area contributed by atoms with Crippen molar-refractivity contribution in [3.63, 3.8) is 0 Å². The Bertz CT molecular complexity index is 229. The van der Waals surface area contributed by atoms with Crippen molar-refractivity contribution in [2.45, 2.75) is 25.7 Å². The number of likely N-dealkylation sites (tertiary alicyclic amines) is 1. The summed E-state index contributed by atoms with van der Waals surface area (Å²) < 4.78 is 0. The molecule has 3 heteroatoms. The van der Waals surface area contributed by atoms with Crippen LogP contribution in [-0.2, 0) is 4.79 Å². The predicted octanol–water partition coefficient (Wildman–Crippen LogP) is 1.19. The third-order valence-electron chi connectivity index (χ3n) is 3.64. The Balaban J connectivity index is 1.78. The Kier molecular flexibility index (Phi) is 2.06.